The molecule has 0 unspecified atom stereocenters. The van der Waals surface area contributed by atoms with Gasteiger partial charge >= 0.3 is 0 Å². The number of aromatic amines is 1. The third-order valence-electron chi connectivity index (χ3n) is 3.16. The number of rotatable bonds is 5. The summed E-state index contributed by atoms with van der Waals surface area (Å²) in [5.74, 6) is 1.65. The normalized spacial score (nSPS) is 10.8. The maximum absolute atomic E-state index is 11.4. The van der Waals surface area contributed by atoms with Crippen LogP contribution in [0.3, 0.4) is 0 Å². The molecular weight excluding hydrogens is 340 g/mol. The zero-order valence-electron chi connectivity index (χ0n) is 13.4. The number of nitrogens with zero attached hydrogens (tertiary/aromatic N) is 2. The lowest BCUT2D eigenvalue weighted by atomic mass is 10.2. The van der Waals surface area contributed by atoms with Crippen molar-refractivity contribution in [1.82, 2.24) is 9.97 Å². The Kier molecular flexibility index (Phi) is 5.11. The smallest absolute Gasteiger partial charge is 0.252 e. The summed E-state index contributed by atoms with van der Waals surface area (Å²) in [6.07, 6.45) is 1.61. The number of ether oxygens (including phenoxy) is 1. The Balaban J connectivity index is 1.68. The van der Waals surface area contributed by atoms with E-state index >= 15 is 0 Å². The number of aromatic nitrogens is 2. The number of hydrogen-bond acceptors (Lipinski definition) is 5. The highest BCUT2D eigenvalue weighted by Gasteiger charge is 1.99. The highest BCUT2D eigenvalue weighted by atomic mass is 35.5. The lowest BCUT2D eigenvalue weighted by Gasteiger charge is -2.06. The molecular formula is C18H15ClN4O2. The minimum Gasteiger partial charge on any atom is -0.457 e. The first-order valence-electron chi connectivity index (χ1n) is 7.49. The molecule has 0 aliphatic rings. The van der Waals surface area contributed by atoms with Crippen LogP contribution in [0.15, 0.2) is 64.5 Å². The van der Waals surface area contributed by atoms with Gasteiger partial charge in [-0.25, -0.2) is 10.4 Å². The Morgan fingerprint density at radius 1 is 1.16 bits per heavy atom. The number of anilines is 1. The molecule has 126 valence electrons. The highest BCUT2D eigenvalue weighted by molar-refractivity contribution is 6.30. The molecule has 0 aliphatic carbocycles. The topological polar surface area (TPSA) is 79.4 Å². The molecule has 2 N–H and O–H groups in total. The lowest BCUT2D eigenvalue weighted by molar-refractivity contribution is 0.482. The zero-order chi connectivity index (χ0) is 17.6. The van der Waals surface area contributed by atoms with Gasteiger partial charge in [0.05, 0.1) is 6.21 Å². The summed E-state index contributed by atoms with van der Waals surface area (Å²) in [6, 6.07) is 16.0. The summed E-state index contributed by atoms with van der Waals surface area (Å²) >= 11 is 5.86. The molecule has 0 radical (unpaired) electrons. The first-order valence-corrected chi connectivity index (χ1v) is 7.87. The second-order valence-electron chi connectivity index (χ2n) is 5.23. The van der Waals surface area contributed by atoms with Crippen LogP contribution in [0.2, 0.25) is 5.02 Å². The van der Waals surface area contributed by atoms with Gasteiger partial charge in [-0.2, -0.15) is 5.10 Å². The Bertz CT molecular complexity index is 952. The lowest BCUT2D eigenvalue weighted by Crippen LogP contribution is -2.10. The summed E-state index contributed by atoms with van der Waals surface area (Å²) in [5.41, 5.74) is 3.90. The SMILES string of the molecule is Cc1cc(=O)[nH]c(NN=Cc2cccc(Oc3ccc(Cl)cc3)c2)n1. The fraction of sp³-hybridized carbons (Fsp3) is 0.0556. The monoisotopic (exact) mass is 354 g/mol. The van der Waals surface area contributed by atoms with E-state index < -0.39 is 0 Å². The molecule has 0 atom stereocenters. The zero-order valence-corrected chi connectivity index (χ0v) is 14.1. The number of aryl methyl sites for hydroxylation is 1. The quantitative estimate of drug-likeness (QED) is 0.536. The molecule has 0 amide bonds. The maximum atomic E-state index is 11.4. The van der Waals surface area contributed by atoms with Gasteiger partial charge in [-0.15, -0.1) is 0 Å². The number of nitrogens with one attached hydrogen (secondary N) is 2. The molecule has 1 aromatic heterocycles. The van der Waals surface area contributed by atoms with Crippen molar-refractivity contribution in [3.8, 4) is 11.5 Å². The third-order valence-corrected chi connectivity index (χ3v) is 3.41. The average Bonchev–Trinajstić information content (AvgIpc) is 2.57. The van der Waals surface area contributed by atoms with Crippen molar-refractivity contribution in [2.24, 2.45) is 5.10 Å². The molecule has 3 aromatic rings. The van der Waals surface area contributed by atoms with Gasteiger partial charge in [0.25, 0.3) is 5.56 Å². The Hall–Kier alpha value is -3.12. The van der Waals surface area contributed by atoms with E-state index in [1.165, 1.54) is 6.07 Å². The molecule has 0 saturated carbocycles. The minimum absolute atomic E-state index is 0.233. The largest absolute Gasteiger partial charge is 0.457 e. The molecule has 2 aromatic carbocycles. The van der Waals surface area contributed by atoms with Crippen LogP contribution >= 0.6 is 11.6 Å². The van der Waals surface area contributed by atoms with E-state index in [4.69, 9.17) is 16.3 Å². The summed E-state index contributed by atoms with van der Waals surface area (Å²) in [4.78, 5) is 18.1. The highest BCUT2D eigenvalue weighted by Crippen LogP contribution is 2.23. The summed E-state index contributed by atoms with van der Waals surface area (Å²) in [7, 11) is 0. The van der Waals surface area contributed by atoms with Crippen LogP contribution in [0, 0.1) is 6.92 Å². The van der Waals surface area contributed by atoms with Crippen LogP contribution < -0.4 is 15.7 Å². The number of H-pyrrole nitrogens is 1. The van der Waals surface area contributed by atoms with Crippen LogP contribution in [0.4, 0.5) is 5.95 Å². The van der Waals surface area contributed by atoms with E-state index in [9.17, 15) is 4.79 Å². The van der Waals surface area contributed by atoms with Gasteiger partial charge in [0.15, 0.2) is 0 Å². The summed E-state index contributed by atoms with van der Waals surface area (Å²) < 4.78 is 5.77. The summed E-state index contributed by atoms with van der Waals surface area (Å²) in [5, 5.41) is 4.73. The molecule has 0 spiro atoms. The van der Waals surface area contributed by atoms with E-state index in [0.29, 0.717) is 22.2 Å². The van der Waals surface area contributed by atoms with Crippen molar-refractivity contribution in [2.75, 3.05) is 5.43 Å². The minimum atomic E-state index is -0.233. The van der Waals surface area contributed by atoms with Crippen molar-refractivity contribution in [3.63, 3.8) is 0 Å². The fourth-order valence-corrected chi connectivity index (χ4v) is 2.22. The molecule has 0 saturated heterocycles. The van der Waals surface area contributed by atoms with E-state index in [-0.39, 0.29) is 11.5 Å². The van der Waals surface area contributed by atoms with E-state index in [2.05, 4.69) is 20.5 Å². The van der Waals surface area contributed by atoms with Crippen molar-refractivity contribution in [1.29, 1.82) is 0 Å². The van der Waals surface area contributed by atoms with Crippen LogP contribution in [0.5, 0.6) is 11.5 Å². The van der Waals surface area contributed by atoms with Gasteiger partial charge in [0.2, 0.25) is 5.95 Å². The second kappa shape index (κ2) is 7.63. The molecule has 0 fully saturated rings. The third kappa shape index (κ3) is 4.92. The number of hydrazone groups is 1. The van der Waals surface area contributed by atoms with Gasteiger partial charge in [0, 0.05) is 16.8 Å². The number of benzene rings is 2. The predicted molar refractivity (Wildman–Crippen MR) is 98.8 cm³/mol. The standard InChI is InChI=1S/C18H15ClN4O2/c1-12-9-17(24)22-18(21-12)23-20-11-13-3-2-4-16(10-13)25-15-7-5-14(19)6-8-15/h2-11H,1H3,(H2,21,22,23,24). The molecule has 25 heavy (non-hydrogen) atoms. The van der Waals surface area contributed by atoms with Gasteiger partial charge in [-0.3, -0.25) is 9.78 Å². The van der Waals surface area contributed by atoms with E-state index in [1.54, 1.807) is 37.4 Å². The van der Waals surface area contributed by atoms with Crippen molar-refractivity contribution in [3.05, 3.63) is 81.2 Å². The number of halogens is 1. The maximum Gasteiger partial charge on any atom is 0.252 e. The average molecular weight is 355 g/mol. The molecule has 6 nitrogen and oxygen atoms in total. The van der Waals surface area contributed by atoms with Crippen molar-refractivity contribution < 1.29 is 4.74 Å². The Morgan fingerprint density at radius 2 is 1.96 bits per heavy atom. The fourth-order valence-electron chi connectivity index (χ4n) is 2.10. The van der Waals surface area contributed by atoms with Crippen molar-refractivity contribution in [2.45, 2.75) is 6.92 Å². The van der Waals surface area contributed by atoms with E-state index in [0.717, 1.165) is 5.56 Å². The first-order chi connectivity index (χ1) is 12.1. The van der Waals surface area contributed by atoms with Gasteiger partial charge in [-0.05, 0) is 48.9 Å². The van der Waals surface area contributed by atoms with Crippen LogP contribution in [0.1, 0.15) is 11.3 Å². The molecule has 3 rings (SSSR count). The van der Waals surface area contributed by atoms with Crippen LogP contribution in [-0.4, -0.2) is 16.2 Å². The number of hydrogen-bond donors (Lipinski definition) is 2. The molecule has 1 heterocycles. The molecule has 0 aliphatic heterocycles. The van der Waals surface area contributed by atoms with E-state index in [1.807, 2.05) is 24.3 Å². The Labute approximate surface area is 149 Å². The van der Waals surface area contributed by atoms with Crippen LogP contribution in [0.25, 0.3) is 0 Å². The van der Waals surface area contributed by atoms with Crippen LogP contribution in [-0.2, 0) is 0 Å². The van der Waals surface area contributed by atoms with Gasteiger partial charge < -0.3 is 4.74 Å². The second-order valence-corrected chi connectivity index (χ2v) is 5.67. The Morgan fingerprint density at radius 3 is 2.72 bits per heavy atom. The van der Waals surface area contributed by atoms with Crippen molar-refractivity contribution >= 4 is 23.8 Å². The van der Waals surface area contributed by atoms with Gasteiger partial charge in [-0.1, -0.05) is 23.7 Å². The first kappa shape index (κ1) is 16.7. The van der Waals surface area contributed by atoms with Gasteiger partial charge in [0.1, 0.15) is 11.5 Å². The summed E-state index contributed by atoms with van der Waals surface area (Å²) in [6.45, 7) is 1.74. The predicted octanol–water partition coefficient (Wildman–Crippen LogP) is 3.97. The molecule has 7 heteroatoms. The molecule has 0 bridgehead atoms.